The predicted molar refractivity (Wildman–Crippen MR) is 130 cm³/mol. The summed E-state index contributed by atoms with van der Waals surface area (Å²) in [5, 5.41) is 12.3. The Hall–Kier alpha value is -3.48. The molecule has 2 aromatic carbocycles. The zero-order valence-electron chi connectivity index (χ0n) is 19.2. The van der Waals surface area contributed by atoms with Gasteiger partial charge in [0.25, 0.3) is 11.5 Å². The summed E-state index contributed by atoms with van der Waals surface area (Å²) in [7, 11) is 1.59. The van der Waals surface area contributed by atoms with E-state index in [0.29, 0.717) is 35.1 Å². The Morgan fingerprint density at radius 2 is 1.91 bits per heavy atom. The van der Waals surface area contributed by atoms with Crippen molar-refractivity contribution in [1.82, 2.24) is 9.88 Å². The minimum Gasteiger partial charge on any atom is -0.772 e. The van der Waals surface area contributed by atoms with Gasteiger partial charge in [-0.25, -0.2) is 0 Å². The fourth-order valence-electron chi connectivity index (χ4n) is 4.85. The largest absolute Gasteiger partial charge is 0.772 e. The van der Waals surface area contributed by atoms with Crippen LogP contribution in [0.25, 0.3) is 10.9 Å². The highest BCUT2D eigenvalue weighted by molar-refractivity contribution is 7.81. The van der Waals surface area contributed by atoms with Gasteiger partial charge in [0.1, 0.15) is 11.3 Å². The van der Waals surface area contributed by atoms with Gasteiger partial charge in [0.05, 0.1) is 23.8 Å². The molecule has 0 aliphatic heterocycles. The predicted octanol–water partition coefficient (Wildman–Crippen LogP) is 2.91. The summed E-state index contributed by atoms with van der Waals surface area (Å²) in [5.74, 6) is -0.000822. The molecule has 1 atom stereocenters. The number of fused-ring (bicyclic) bond motifs is 1. The first kappa shape index (κ1) is 23.3. The Labute approximate surface area is 204 Å². The third kappa shape index (κ3) is 4.03. The van der Waals surface area contributed by atoms with E-state index in [2.05, 4.69) is 5.32 Å². The second kappa shape index (κ2) is 8.63. The SMILES string of the molecule is Cn1c(=O)c(C(=O)NCc2ccc(C#N)cc2)cc2cccc(OCC3(C4(S(=O)[O-])CC4)CC3)c21. The second-order valence-electron chi connectivity index (χ2n) is 9.41. The van der Waals surface area contributed by atoms with Crippen molar-refractivity contribution in [2.24, 2.45) is 12.5 Å². The summed E-state index contributed by atoms with van der Waals surface area (Å²) < 4.78 is 30.5. The molecule has 0 radical (unpaired) electrons. The second-order valence-corrected chi connectivity index (χ2v) is 10.7. The van der Waals surface area contributed by atoms with E-state index in [1.54, 1.807) is 55.6 Å². The van der Waals surface area contributed by atoms with Crippen LogP contribution in [0, 0.1) is 16.7 Å². The summed E-state index contributed by atoms with van der Waals surface area (Å²) >= 11 is -2.13. The summed E-state index contributed by atoms with van der Waals surface area (Å²) in [6.07, 6.45) is 2.96. The molecule has 1 aromatic heterocycles. The lowest BCUT2D eigenvalue weighted by Gasteiger charge is -2.29. The van der Waals surface area contributed by atoms with Crippen molar-refractivity contribution in [3.8, 4) is 11.8 Å². The number of benzene rings is 2. The van der Waals surface area contributed by atoms with Crippen LogP contribution in [0.5, 0.6) is 5.75 Å². The Bertz CT molecular complexity index is 1450. The first-order valence-electron chi connectivity index (χ1n) is 11.4. The van der Waals surface area contributed by atoms with Crippen molar-refractivity contribution in [1.29, 1.82) is 5.26 Å². The van der Waals surface area contributed by atoms with Crippen molar-refractivity contribution < 1.29 is 18.3 Å². The fourth-order valence-corrected chi connectivity index (χ4v) is 5.91. The number of nitrogens with one attached hydrogen (secondary N) is 1. The molecule has 2 saturated carbocycles. The number of hydrogen-bond acceptors (Lipinski definition) is 6. The zero-order chi connectivity index (χ0) is 24.8. The van der Waals surface area contributed by atoms with Crippen LogP contribution >= 0.6 is 0 Å². The third-order valence-electron chi connectivity index (χ3n) is 7.33. The number of carbonyl (C=O) groups excluding carboxylic acids is 1. The third-order valence-corrected chi connectivity index (χ3v) is 8.81. The molecule has 2 aliphatic rings. The first-order valence-corrected chi connectivity index (χ1v) is 12.5. The molecule has 0 saturated heterocycles. The lowest BCUT2D eigenvalue weighted by molar-refractivity contribution is 0.0949. The van der Waals surface area contributed by atoms with E-state index >= 15 is 0 Å². The van der Waals surface area contributed by atoms with Gasteiger partial charge in [0, 0.05) is 29.1 Å². The number of aryl methyl sites for hydroxylation is 1. The van der Waals surface area contributed by atoms with Gasteiger partial charge < -0.3 is 19.2 Å². The molecule has 35 heavy (non-hydrogen) atoms. The van der Waals surface area contributed by atoms with Gasteiger partial charge in [0.15, 0.2) is 0 Å². The number of nitrogens with zero attached hydrogens (tertiary/aromatic N) is 2. The topological polar surface area (TPSA) is 124 Å². The number of nitriles is 1. The van der Waals surface area contributed by atoms with Gasteiger partial charge in [0.2, 0.25) is 0 Å². The molecule has 2 fully saturated rings. The van der Waals surface area contributed by atoms with Crippen molar-refractivity contribution in [2.45, 2.75) is 37.0 Å². The Balaban J connectivity index is 1.37. The number of rotatable bonds is 8. The van der Waals surface area contributed by atoms with Crippen LogP contribution in [0.3, 0.4) is 0 Å². The number of para-hydroxylation sites is 1. The molecule has 3 aromatic rings. The lowest BCUT2D eigenvalue weighted by Crippen LogP contribution is -2.34. The zero-order valence-corrected chi connectivity index (χ0v) is 20.0. The highest BCUT2D eigenvalue weighted by atomic mass is 32.2. The normalized spacial score (nSPS) is 17.9. The first-order chi connectivity index (χ1) is 16.8. The quantitative estimate of drug-likeness (QED) is 0.484. The minimum atomic E-state index is -2.13. The maximum Gasteiger partial charge on any atom is 0.263 e. The van der Waals surface area contributed by atoms with E-state index < -0.39 is 27.3 Å². The smallest absolute Gasteiger partial charge is 0.263 e. The van der Waals surface area contributed by atoms with Crippen LogP contribution in [0.1, 0.15) is 47.2 Å². The molecule has 5 rings (SSSR count). The number of hydrogen-bond donors (Lipinski definition) is 1. The molecular weight excluding hydrogens is 466 g/mol. The molecule has 1 amide bonds. The molecule has 8 nitrogen and oxygen atoms in total. The van der Waals surface area contributed by atoms with Gasteiger partial charge in [-0.05, 0) is 66.6 Å². The molecule has 1 heterocycles. The van der Waals surface area contributed by atoms with Crippen LogP contribution in [-0.2, 0) is 24.7 Å². The monoisotopic (exact) mass is 490 g/mol. The molecule has 1 unspecified atom stereocenters. The van der Waals surface area contributed by atoms with E-state index in [1.165, 1.54) is 4.57 Å². The molecule has 1 N–H and O–H groups in total. The average molecular weight is 491 g/mol. The Morgan fingerprint density at radius 3 is 2.51 bits per heavy atom. The van der Waals surface area contributed by atoms with Crippen molar-refractivity contribution in [3.63, 3.8) is 0 Å². The maximum atomic E-state index is 13.1. The molecule has 0 bridgehead atoms. The van der Waals surface area contributed by atoms with Crippen LogP contribution < -0.4 is 15.6 Å². The van der Waals surface area contributed by atoms with Gasteiger partial charge in [-0.15, -0.1) is 0 Å². The Morgan fingerprint density at radius 1 is 1.20 bits per heavy atom. The number of pyridine rings is 1. The number of aromatic nitrogens is 1. The van der Waals surface area contributed by atoms with E-state index in [4.69, 9.17) is 10.00 Å². The summed E-state index contributed by atoms with van der Waals surface area (Å²) in [6.45, 7) is 0.501. The summed E-state index contributed by atoms with van der Waals surface area (Å²) in [4.78, 5) is 25.9. The summed E-state index contributed by atoms with van der Waals surface area (Å²) in [6, 6.07) is 15.8. The minimum absolute atomic E-state index is 0.0168. The number of amides is 1. The van der Waals surface area contributed by atoms with Crippen LogP contribution in [0.15, 0.2) is 53.3 Å². The highest BCUT2D eigenvalue weighted by Gasteiger charge is 2.67. The number of carbonyl (C=O) groups is 1. The van der Waals surface area contributed by atoms with Gasteiger partial charge in [-0.2, -0.15) is 5.26 Å². The maximum absolute atomic E-state index is 13.1. The van der Waals surface area contributed by atoms with Crippen LogP contribution in [-0.4, -0.2) is 30.6 Å². The fraction of sp³-hybridized carbons (Fsp3) is 0.346. The standard InChI is InChI=1S/C26H25N3O5S/c1-29-22-19(3-2-4-21(22)34-16-25(9-10-25)26(11-12-26)35(32)33)13-20(24(29)31)23(30)28-15-18-7-5-17(14-27)6-8-18/h2-8,13H,9-12,15-16H2,1H3,(H,28,30)(H,32,33)/p-1. The molecule has 0 spiro atoms. The molecule has 2 aliphatic carbocycles. The molecular formula is C26H24N3O5S-. The van der Waals surface area contributed by atoms with Crippen molar-refractivity contribution >= 4 is 27.9 Å². The van der Waals surface area contributed by atoms with Gasteiger partial charge in [-0.1, -0.05) is 24.3 Å². The highest BCUT2D eigenvalue weighted by Crippen LogP contribution is 2.66. The van der Waals surface area contributed by atoms with E-state index in [9.17, 15) is 18.4 Å². The van der Waals surface area contributed by atoms with Crippen molar-refractivity contribution in [3.05, 3.63) is 75.6 Å². The van der Waals surface area contributed by atoms with Gasteiger partial charge >= 0.3 is 0 Å². The van der Waals surface area contributed by atoms with Crippen LogP contribution in [0.4, 0.5) is 0 Å². The molecule has 180 valence electrons. The lowest BCUT2D eigenvalue weighted by atomic mass is 10.0. The summed E-state index contributed by atoms with van der Waals surface area (Å²) in [5.41, 5.74) is 1.11. The van der Waals surface area contributed by atoms with E-state index in [-0.39, 0.29) is 24.1 Å². The average Bonchev–Trinajstić information content (AvgIpc) is 3.78. The molecule has 9 heteroatoms. The van der Waals surface area contributed by atoms with E-state index in [1.807, 2.05) is 6.07 Å². The van der Waals surface area contributed by atoms with Crippen LogP contribution in [0.2, 0.25) is 0 Å². The Kier molecular flexibility index (Phi) is 5.74. The van der Waals surface area contributed by atoms with E-state index in [0.717, 1.165) is 18.4 Å². The number of ether oxygens (including phenoxy) is 1. The van der Waals surface area contributed by atoms with Gasteiger partial charge in [-0.3, -0.25) is 13.8 Å². The van der Waals surface area contributed by atoms with Crippen molar-refractivity contribution in [2.75, 3.05) is 6.61 Å².